The van der Waals surface area contributed by atoms with E-state index in [1.807, 2.05) is 17.4 Å². The Balaban J connectivity index is 1.25. The zero-order valence-electron chi connectivity index (χ0n) is 28.1. The summed E-state index contributed by atoms with van der Waals surface area (Å²) in [5.74, 6) is 0. The number of para-hydroxylation sites is 1. The number of furan rings is 1. The van der Waals surface area contributed by atoms with Crippen LogP contribution in [0.25, 0.3) is 108 Å². The van der Waals surface area contributed by atoms with Gasteiger partial charge in [-0.05, 0) is 102 Å². The van der Waals surface area contributed by atoms with Crippen molar-refractivity contribution in [3.63, 3.8) is 0 Å². The third kappa shape index (κ3) is 4.41. The van der Waals surface area contributed by atoms with Crippen molar-refractivity contribution in [3.05, 3.63) is 182 Å². The van der Waals surface area contributed by atoms with Crippen molar-refractivity contribution in [2.75, 3.05) is 0 Å². The Hall–Kier alpha value is -6.48. The molecule has 0 saturated heterocycles. The Morgan fingerprint density at radius 2 is 0.827 bits per heavy atom. The maximum Gasteiger partial charge on any atom is 0.135 e. The van der Waals surface area contributed by atoms with Gasteiger partial charge >= 0.3 is 0 Å². The van der Waals surface area contributed by atoms with Crippen molar-refractivity contribution in [1.82, 2.24) is 0 Å². The van der Waals surface area contributed by atoms with Crippen LogP contribution < -0.4 is 0 Å². The van der Waals surface area contributed by atoms with E-state index in [1.165, 1.54) is 86.2 Å². The number of thiophene rings is 1. The molecule has 2 heterocycles. The summed E-state index contributed by atoms with van der Waals surface area (Å²) in [6.45, 7) is 0. The van der Waals surface area contributed by atoms with E-state index in [-0.39, 0.29) is 0 Å². The minimum Gasteiger partial charge on any atom is -0.456 e. The second-order valence-corrected chi connectivity index (χ2v) is 14.6. The Labute approximate surface area is 304 Å². The average molecular weight is 679 g/mol. The maximum atomic E-state index is 6.27. The van der Waals surface area contributed by atoms with Gasteiger partial charge in [0.25, 0.3) is 0 Å². The summed E-state index contributed by atoms with van der Waals surface area (Å²) >= 11 is 1.87. The predicted octanol–water partition coefficient (Wildman–Crippen LogP) is 14.9. The monoisotopic (exact) mass is 678 g/mol. The topological polar surface area (TPSA) is 13.1 Å². The van der Waals surface area contributed by atoms with E-state index in [0.29, 0.717) is 0 Å². The first-order chi connectivity index (χ1) is 25.8. The molecule has 0 bridgehead atoms. The van der Waals surface area contributed by atoms with Crippen LogP contribution in [0.3, 0.4) is 0 Å². The summed E-state index contributed by atoms with van der Waals surface area (Å²) in [4.78, 5) is 0. The van der Waals surface area contributed by atoms with Gasteiger partial charge in [0.1, 0.15) is 11.2 Å². The van der Waals surface area contributed by atoms with Crippen LogP contribution in [0.15, 0.2) is 186 Å². The second kappa shape index (κ2) is 11.5. The molecule has 0 N–H and O–H groups in total. The van der Waals surface area contributed by atoms with Crippen LogP contribution in [0.1, 0.15) is 0 Å². The third-order valence-corrected chi connectivity index (χ3v) is 11.8. The molecule has 0 amide bonds. The minimum atomic E-state index is 0.904. The maximum absolute atomic E-state index is 6.27. The van der Waals surface area contributed by atoms with E-state index in [9.17, 15) is 0 Å². The number of rotatable bonds is 4. The zero-order chi connectivity index (χ0) is 34.2. The smallest absolute Gasteiger partial charge is 0.135 e. The second-order valence-electron chi connectivity index (χ2n) is 13.6. The molecule has 52 heavy (non-hydrogen) atoms. The molecule has 1 nitrogen and oxygen atoms in total. The van der Waals surface area contributed by atoms with Crippen molar-refractivity contribution >= 4 is 75.0 Å². The molecular formula is C50H30OS. The number of fused-ring (bicyclic) bond motifs is 8. The fraction of sp³-hybridized carbons (Fsp3) is 0. The van der Waals surface area contributed by atoms with Crippen molar-refractivity contribution in [3.8, 4) is 44.5 Å². The standard InChI is InChI=1S/C50H30OS/c1-2-13-31(14-3-1)34-21-12-22-35(32-25-27-45-42(29-32)36-15-8-10-23-44(36)51-45)49(34)50-40-19-6-4-17-38(40)48(39-18-5-7-20-41(39)50)33-26-28-47-43(30-33)37-16-9-11-24-46(37)52-47/h1-30H. The summed E-state index contributed by atoms with van der Waals surface area (Å²) in [7, 11) is 0. The van der Waals surface area contributed by atoms with Gasteiger partial charge in [-0.15, -0.1) is 11.3 Å². The first-order valence-corrected chi connectivity index (χ1v) is 18.6. The Morgan fingerprint density at radius 1 is 0.288 bits per heavy atom. The molecule has 0 spiro atoms. The quantitative estimate of drug-likeness (QED) is 0.169. The van der Waals surface area contributed by atoms with Gasteiger partial charge in [-0.3, -0.25) is 0 Å². The van der Waals surface area contributed by atoms with Crippen LogP contribution in [0.4, 0.5) is 0 Å². The van der Waals surface area contributed by atoms with Crippen LogP contribution in [-0.2, 0) is 0 Å². The highest BCUT2D eigenvalue weighted by Crippen LogP contribution is 2.50. The van der Waals surface area contributed by atoms with Crippen molar-refractivity contribution in [1.29, 1.82) is 0 Å². The van der Waals surface area contributed by atoms with E-state index in [2.05, 4.69) is 176 Å². The summed E-state index contributed by atoms with van der Waals surface area (Å²) < 4.78 is 8.91. The van der Waals surface area contributed by atoms with Crippen LogP contribution in [0.5, 0.6) is 0 Å². The van der Waals surface area contributed by atoms with Gasteiger partial charge in [0, 0.05) is 30.9 Å². The lowest BCUT2D eigenvalue weighted by atomic mass is 9.81. The highest BCUT2D eigenvalue weighted by molar-refractivity contribution is 7.25. The Morgan fingerprint density at radius 3 is 1.58 bits per heavy atom. The van der Waals surface area contributed by atoms with Crippen LogP contribution in [-0.4, -0.2) is 0 Å². The molecule has 242 valence electrons. The van der Waals surface area contributed by atoms with Gasteiger partial charge in [0.05, 0.1) is 0 Å². The minimum absolute atomic E-state index is 0.904. The third-order valence-electron chi connectivity index (χ3n) is 10.7. The largest absolute Gasteiger partial charge is 0.456 e. The van der Waals surface area contributed by atoms with Crippen molar-refractivity contribution in [2.24, 2.45) is 0 Å². The van der Waals surface area contributed by atoms with Crippen LogP contribution in [0, 0.1) is 0 Å². The first kappa shape index (κ1) is 29.3. The zero-order valence-corrected chi connectivity index (χ0v) is 29.0. The van der Waals surface area contributed by atoms with E-state index in [1.54, 1.807) is 0 Å². The lowest BCUT2D eigenvalue weighted by Gasteiger charge is -2.22. The van der Waals surface area contributed by atoms with Gasteiger partial charge in [-0.25, -0.2) is 0 Å². The highest BCUT2D eigenvalue weighted by atomic mass is 32.1. The molecule has 0 radical (unpaired) electrons. The van der Waals surface area contributed by atoms with E-state index < -0.39 is 0 Å². The summed E-state index contributed by atoms with van der Waals surface area (Å²) in [5.41, 5.74) is 11.6. The fourth-order valence-electron chi connectivity index (χ4n) is 8.40. The highest BCUT2D eigenvalue weighted by Gasteiger charge is 2.23. The molecule has 0 aliphatic carbocycles. The van der Waals surface area contributed by atoms with E-state index in [0.717, 1.165) is 21.9 Å². The molecule has 0 aliphatic rings. The summed E-state index contributed by atoms with van der Waals surface area (Å²) in [6.07, 6.45) is 0. The van der Waals surface area contributed by atoms with E-state index >= 15 is 0 Å². The summed E-state index contributed by atoms with van der Waals surface area (Å²) in [5, 5.41) is 9.88. The SMILES string of the molecule is c1ccc(-c2cccc(-c3ccc4oc5ccccc5c4c3)c2-c2c3ccccc3c(-c3ccc4sc5ccccc5c4c3)c3ccccc23)cc1. The first-order valence-electron chi connectivity index (χ1n) is 17.8. The average Bonchev–Trinajstić information content (AvgIpc) is 3.78. The summed E-state index contributed by atoms with van der Waals surface area (Å²) in [6, 6.07) is 66.4. The molecule has 2 heteroatoms. The van der Waals surface area contributed by atoms with Crippen molar-refractivity contribution < 1.29 is 4.42 Å². The van der Waals surface area contributed by atoms with Gasteiger partial charge in [-0.2, -0.15) is 0 Å². The number of hydrogen-bond acceptors (Lipinski definition) is 2. The van der Waals surface area contributed by atoms with E-state index in [4.69, 9.17) is 4.42 Å². The molecule has 2 aromatic heterocycles. The molecule has 0 saturated carbocycles. The van der Waals surface area contributed by atoms with Gasteiger partial charge in [0.2, 0.25) is 0 Å². The van der Waals surface area contributed by atoms with Gasteiger partial charge < -0.3 is 4.42 Å². The molecule has 9 aromatic carbocycles. The fourth-order valence-corrected chi connectivity index (χ4v) is 9.49. The van der Waals surface area contributed by atoms with Gasteiger partial charge in [-0.1, -0.05) is 146 Å². The lowest BCUT2D eigenvalue weighted by Crippen LogP contribution is -1.95. The molecule has 0 atom stereocenters. The van der Waals surface area contributed by atoms with Gasteiger partial charge in [0.15, 0.2) is 0 Å². The normalized spacial score (nSPS) is 11.8. The lowest BCUT2D eigenvalue weighted by molar-refractivity contribution is 0.669. The molecule has 0 unspecified atom stereocenters. The predicted molar refractivity (Wildman–Crippen MR) is 223 cm³/mol. The molecule has 11 aromatic rings. The van der Waals surface area contributed by atoms with Crippen LogP contribution >= 0.6 is 11.3 Å². The Bertz CT molecular complexity index is 3120. The molecule has 0 fully saturated rings. The molecule has 0 aliphatic heterocycles. The number of hydrogen-bond donors (Lipinski definition) is 0. The Kier molecular flexibility index (Phi) is 6.49. The van der Waals surface area contributed by atoms with Crippen LogP contribution in [0.2, 0.25) is 0 Å². The number of benzene rings is 9. The molecular weight excluding hydrogens is 649 g/mol. The molecule has 11 rings (SSSR count). The van der Waals surface area contributed by atoms with Crippen molar-refractivity contribution in [2.45, 2.75) is 0 Å².